The molecule has 1 fully saturated rings. The lowest BCUT2D eigenvalue weighted by atomic mass is 10.1. The van der Waals surface area contributed by atoms with E-state index in [2.05, 4.69) is 20.9 Å². The lowest BCUT2D eigenvalue weighted by Gasteiger charge is -2.13. The number of imidazole rings is 1. The number of nitrogens with zero attached hydrogens (tertiary/aromatic N) is 3. The molecule has 0 bridgehead atoms. The number of nitro groups is 1. The predicted molar refractivity (Wildman–Crippen MR) is 58.6 cm³/mol. The molecule has 1 saturated heterocycles. The topological polar surface area (TPSA) is 111 Å². The number of hydrogen-bond acceptors (Lipinski definition) is 6. The molecular weight excluding hydrogens is 298 g/mol. The van der Waals surface area contributed by atoms with Crippen LogP contribution in [-0.2, 0) is 4.74 Å². The highest BCUT2D eigenvalue weighted by Crippen LogP contribution is 2.32. The van der Waals surface area contributed by atoms with Crippen LogP contribution in [-0.4, -0.2) is 48.3 Å². The van der Waals surface area contributed by atoms with Gasteiger partial charge in [-0.3, -0.25) is 0 Å². The Morgan fingerprint density at radius 2 is 2.29 bits per heavy atom. The summed E-state index contributed by atoms with van der Waals surface area (Å²) in [5.74, 6) is -0.434. The van der Waals surface area contributed by atoms with Crippen molar-refractivity contribution in [1.82, 2.24) is 9.55 Å². The van der Waals surface area contributed by atoms with Crippen LogP contribution < -0.4 is 0 Å². The van der Waals surface area contributed by atoms with Crippen LogP contribution in [0.25, 0.3) is 0 Å². The molecular formula is C8H10BrN3O5. The van der Waals surface area contributed by atoms with E-state index in [0.29, 0.717) is 5.33 Å². The highest BCUT2D eigenvalue weighted by molar-refractivity contribution is 9.09. The average Bonchev–Trinajstić information content (AvgIpc) is 2.86. The highest BCUT2D eigenvalue weighted by Gasteiger charge is 2.46. The van der Waals surface area contributed by atoms with E-state index >= 15 is 0 Å². The van der Waals surface area contributed by atoms with Crippen molar-refractivity contribution in [2.75, 3.05) is 5.33 Å². The first kappa shape index (κ1) is 12.4. The van der Waals surface area contributed by atoms with Gasteiger partial charge in [0.05, 0.1) is 6.10 Å². The second kappa shape index (κ2) is 4.69. The molecule has 94 valence electrons. The number of ether oxygens (including phenoxy) is 1. The van der Waals surface area contributed by atoms with Crippen LogP contribution in [0.1, 0.15) is 6.23 Å². The Balaban J connectivity index is 2.29. The minimum Gasteiger partial charge on any atom is -0.390 e. The quantitative estimate of drug-likeness (QED) is 0.455. The normalized spacial score (nSPS) is 32.9. The van der Waals surface area contributed by atoms with E-state index in [0.717, 1.165) is 4.57 Å². The number of hydrogen-bond donors (Lipinski definition) is 2. The zero-order valence-electron chi connectivity index (χ0n) is 8.51. The third-order valence-electron chi connectivity index (χ3n) is 2.57. The maximum atomic E-state index is 10.7. The molecule has 0 aliphatic carbocycles. The summed E-state index contributed by atoms with van der Waals surface area (Å²) in [6, 6.07) is 0. The monoisotopic (exact) mass is 307 g/mol. The number of halogens is 1. The van der Waals surface area contributed by atoms with Gasteiger partial charge in [0.1, 0.15) is 24.6 Å². The van der Waals surface area contributed by atoms with Crippen LogP contribution in [0.3, 0.4) is 0 Å². The van der Waals surface area contributed by atoms with Gasteiger partial charge in [-0.15, -0.1) is 0 Å². The lowest BCUT2D eigenvalue weighted by molar-refractivity contribution is -0.398. The van der Waals surface area contributed by atoms with Gasteiger partial charge in [-0.25, -0.2) is 0 Å². The van der Waals surface area contributed by atoms with Crippen molar-refractivity contribution in [3.8, 4) is 0 Å². The van der Waals surface area contributed by atoms with Gasteiger partial charge in [0, 0.05) is 5.33 Å². The Kier molecular flexibility index (Phi) is 3.43. The molecule has 0 amide bonds. The molecule has 0 spiro atoms. The molecule has 1 aliphatic heterocycles. The van der Waals surface area contributed by atoms with Crippen LogP contribution in [0.15, 0.2) is 12.4 Å². The number of alkyl halides is 1. The lowest BCUT2D eigenvalue weighted by Crippen LogP contribution is -2.32. The number of rotatable bonds is 3. The van der Waals surface area contributed by atoms with Crippen molar-refractivity contribution in [3.63, 3.8) is 0 Å². The van der Waals surface area contributed by atoms with Gasteiger partial charge in [-0.2, -0.15) is 4.57 Å². The summed E-state index contributed by atoms with van der Waals surface area (Å²) in [6.45, 7) is 0. The van der Waals surface area contributed by atoms with Crippen LogP contribution in [0.5, 0.6) is 0 Å². The van der Waals surface area contributed by atoms with E-state index in [-0.39, 0.29) is 0 Å². The molecule has 17 heavy (non-hydrogen) atoms. The highest BCUT2D eigenvalue weighted by atomic mass is 79.9. The summed E-state index contributed by atoms with van der Waals surface area (Å²) in [5.41, 5.74) is 0. The molecule has 0 saturated carbocycles. The Bertz CT molecular complexity index is 425. The first-order valence-corrected chi connectivity index (χ1v) is 5.93. The Morgan fingerprint density at radius 3 is 2.82 bits per heavy atom. The van der Waals surface area contributed by atoms with Gasteiger partial charge in [-0.1, -0.05) is 20.9 Å². The fraction of sp³-hybridized carbons (Fsp3) is 0.625. The molecule has 1 aromatic heterocycles. The van der Waals surface area contributed by atoms with Crippen LogP contribution in [0, 0.1) is 10.1 Å². The first-order chi connectivity index (χ1) is 8.06. The molecule has 2 N–H and O–H groups in total. The standard InChI is InChI=1S/C8H10BrN3O5/c9-3-4-5(13)6(14)7(17-4)11-2-1-10-8(11)12(15)16/h1-2,4-7,13-14H,3H2/t4-,5-,6+,7-/m1/s1. The fourth-order valence-corrected chi connectivity index (χ4v) is 2.27. The van der Waals surface area contributed by atoms with E-state index in [1.54, 1.807) is 0 Å². The minimum absolute atomic E-state index is 0.324. The molecule has 9 heteroatoms. The smallest absolute Gasteiger partial charge is 0.390 e. The first-order valence-electron chi connectivity index (χ1n) is 4.81. The van der Waals surface area contributed by atoms with Gasteiger partial charge >= 0.3 is 5.95 Å². The van der Waals surface area contributed by atoms with E-state index in [9.17, 15) is 20.3 Å². The fourth-order valence-electron chi connectivity index (χ4n) is 1.73. The van der Waals surface area contributed by atoms with E-state index < -0.39 is 35.4 Å². The molecule has 1 aromatic rings. The second-order valence-corrected chi connectivity index (χ2v) is 4.24. The van der Waals surface area contributed by atoms with Crippen LogP contribution in [0.2, 0.25) is 0 Å². The summed E-state index contributed by atoms with van der Waals surface area (Å²) in [4.78, 5) is 13.6. The third kappa shape index (κ3) is 2.06. The molecule has 0 radical (unpaired) electrons. The SMILES string of the molecule is O=[N+]([O-])c1nccn1[C@@H]1O[C@H](CBr)[C@@H](O)[C@@H]1O. The van der Waals surface area contributed by atoms with Crippen LogP contribution in [0.4, 0.5) is 5.95 Å². The van der Waals surface area contributed by atoms with Crippen molar-refractivity contribution < 1.29 is 19.9 Å². The number of aromatic nitrogens is 2. The van der Waals surface area contributed by atoms with Crippen molar-refractivity contribution in [2.45, 2.75) is 24.5 Å². The second-order valence-electron chi connectivity index (χ2n) is 3.59. The average molecular weight is 308 g/mol. The van der Waals surface area contributed by atoms with E-state index in [1.807, 2.05) is 0 Å². The zero-order chi connectivity index (χ0) is 12.6. The van der Waals surface area contributed by atoms with Crippen LogP contribution >= 0.6 is 15.9 Å². The van der Waals surface area contributed by atoms with Crippen molar-refractivity contribution in [1.29, 1.82) is 0 Å². The van der Waals surface area contributed by atoms with Gasteiger partial charge in [0.2, 0.25) is 6.23 Å². The van der Waals surface area contributed by atoms with Gasteiger partial charge in [0.15, 0.2) is 0 Å². The Morgan fingerprint density at radius 1 is 1.59 bits per heavy atom. The summed E-state index contributed by atoms with van der Waals surface area (Å²) in [5, 5.41) is 30.4. The predicted octanol–water partition coefficient (Wildman–Crippen LogP) is -0.195. The van der Waals surface area contributed by atoms with Gasteiger partial charge in [-0.05, 0) is 4.92 Å². The Labute approximate surface area is 104 Å². The third-order valence-corrected chi connectivity index (χ3v) is 3.21. The summed E-state index contributed by atoms with van der Waals surface area (Å²) in [6.07, 6.45) is -1.38. The zero-order valence-corrected chi connectivity index (χ0v) is 10.1. The molecule has 0 aromatic carbocycles. The number of aliphatic hydroxyl groups excluding tert-OH is 2. The largest absolute Gasteiger partial charge is 0.436 e. The van der Waals surface area contributed by atoms with Gasteiger partial charge in [0.25, 0.3) is 0 Å². The minimum atomic E-state index is -1.23. The molecule has 8 nitrogen and oxygen atoms in total. The maximum Gasteiger partial charge on any atom is 0.436 e. The van der Waals surface area contributed by atoms with E-state index in [1.165, 1.54) is 12.4 Å². The van der Waals surface area contributed by atoms with Crippen molar-refractivity contribution in [3.05, 3.63) is 22.5 Å². The van der Waals surface area contributed by atoms with Crippen molar-refractivity contribution >= 4 is 21.9 Å². The molecule has 2 heterocycles. The molecule has 4 atom stereocenters. The van der Waals surface area contributed by atoms with E-state index in [4.69, 9.17) is 4.74 Å². The number of aliphatic hydroxyl groups is 2. The molecule has 1 aliphatic rings. The summed E-state index contributed by atoms with van der Waals surface area (Å²) >= 11 is 3.13. The maximum absolute atomic E-state index is 10.7. The van der Waals surface area contributed by atoms with Gasteiger partial charge < -0.3 is 25.1 Å². The molecule has 0 unspecified atom stereocenters. The Hall–Kier alpha value is -1.03. The molecule has 2 rings (SSSR count). The van der Waals surface area contributed by atoms with Crippen molar-refractivity contribution in [2.24, 2.45) is 0 Å². The summed E-state index contributed by atoms with van der Waals surface area (Å²) in [7, 11) is 0. The summed E-state index contributed by atoms with van der Waals surface area (Å²) < 4.78 is 6.44.